The highest BCUT2D eigenvalue weighted by Gasteiger charge is 2.29. The van der Waals surface area contributed by atoms with Crippen LogP contribution in [0.25, 0.3) is 10.2 Å². The van der Waals surface area contributed by atoms with Crippen LogP contribution in [0.5, 0.6) is 0 Å². The molecule has 0 spiro atoms. The summed E-state index contributed by atoms with van der Waals surface area (Å²) in [4.78, 5) is 17.5. The van der Waals surface area contributed by atoms with Crippen molar-refractivity contribution in [2.75, 3.05) is 0 Å². The SMILES string of the molecule is CC(C)(C)[C@@H]1CCc2nc3sc(C(=O)Cl)cc3cc2C1. The first-order chi connectivity index (χ1) is 9.34. The predicted octanol–water partition coefficient (Wildman–Crippen LogP) is 4.83. The van der Waals surface area contributed by atoms with Gasteiger partial charge in [0, 0.05) is 11.1 Å². The van der Waals surface area contributed by atoms with E-state index in [9.17, 15) is 4.79 Å². The van der Waals surface area contributed by atoms with Crippen LogP contribution >= 0.6 is 22.9 Å². The molecule has 1 aliphatic carbocycles. The number of fused-ring (bicyclic) bond motifs is 2. The van der Waals surface area contributed by atoms with Gasteiger partial charge in [0.25, 0.3) is 5.24 Å². The van der Waals surface area contributed by atoms with Gasteiger partial charge in [0.15, 0.2) is 0 Å². The summed E-state index contributed by atoms with van der Waals surface area (Å²) in [6.07, 6.45) is 3.32. The Balaban J connectivity index is 2.02. The average molecular weight is 308 g/mol. The summed E-state index contributed by atoms with van der Waals surface area (Å²) in [5.41, 5.74) is 2.88. The van der Waals surface area contributed by atoms with Gasteiger partial charge in [-0.05, 0) is 59.9 Å². The summed E-state index contributed by atoms with van der Waals surface area (Å²) in [5, 5.41) is 0.658. The number of hydrogen-bond donors (Lipinski definition) is 0. The number of carbonyl (C=O) groups excluding carboxylic acids is 1. The van der Waals surface area contributed by atoms with E-state index in [4.69, 9.17) is 16.6 Å². The van der Waals surface area contributed by atoms with Gasteiger partial charge in [-0.25, -0.2) is 4.98 Å². The van der Waals surface area contributed by atoms with E-state index in [1.165, 1.54) is 29.0 Å². The third kappa shape index (κ3) is 2.49. The number of hydrogen-bond acceptors (Lipinski definition) is 3. The first kappa shape index (κ1) is 14.0. The third-order valence-corrected chi connectivity index (χ3v) is 5.65. The number of aromatic nitrogens is 1. The molecule has 0 saturated heterocycles. The summed E-state index contributed by atoms with van der Waals surface area (Å²) in [7, 11) is 0. The lowest BCUT2D eigenvalue weighted by Crippen LogP contribution is -2.27. The van der Waals surface area contributed by atoms with Crippen LogP contribution in [-0.4, -0.2) is 10.2 Å². The smallest absolute Gasteiger partial charge is 0.262 e. The molecule has 0 aromatic carbocycles. The molecule has 0 unspecified atom stereocenters. The van der Waals surface area contributed by atoms with Crippen molar-refractivity contribution in [2.24, 2.45) is 11.3 Å². The van der Waals surface area contributed by atoms with Gasteiger partial charge in [-0.1, -0.05) is 20.8 Å². The van der Waals surface area contributed by atoms with Gasteiger partial charge in [-0.2, -0.15) is 0 Å². The van der Waals surface area contributed by atoms with Crippen LogP contribution in [0.2, 0.25) is 0 Å². The first-order valence-electron chi connectivity index (χ1n) is 6.97. The molecule has 2 aromatic rings. The zero-order chi connectivity index (χ0) is 14.5. The molecule has 1 atom stereocenters. The fourth-order valence-corrected chi connectivity index (χ4v) is 4.00. The van der Waals surface area contributed by atoms with Crippen molar-refractivity contribution in [3.63, 3.8) is 0 Å². The van der Waals surface area contributed by atoms with E-state index >= 15 is 0 Å². The molecule has 2 heterocycles. The highest BCUT2D eigenvalue weighted by atomic mass is 35.5. The number of pyridine rings is 1. The van der Waals surface area contributed by atoms with E-state index in [0.717, 1.165) is 23.1 Å². The zero-order valence-electron chi connectivity index (χ0n) is 12.0. The Labute approximate surface area is 128 Å². The van der Waals surface area contributed by atoms with Crippen molar-refractivity contribution in [1.29, 1.82) is 0 Å². The summed E-state index contributed by atoms with van der Waals surface area (Å²) < 4.78 is 0. The maximum absolute atomic E-state index is 11.3. The van der Waals surface area contributed by atoms with Crippen LogP contribution < -0.4 is 0 Å². The molecule has 1 aliphatic rings. The van der Waals surface area contributed by atoms with Crippen LogP contribution in [0.4, 0.5) is 0 Å². The minimum Gasteiger partial charge on any atom is -0.275 e. The standard InChI is InChI=1S/C16H18ClNOS/c1-16(2,3)11-4-5-12-9(7-11)6-10-8-13(14(17)19)20-15(10)18-12/h6,8,11H,4-5,7H2,1-3H3/t11-/m1/s1. The van der Waals surface area contributed by atoms with Gasteiger partial charge in [0.2, 0.25) is 0 Å². The minimum absolute atomic E-state index is 0.332. The molecule has 0 radical (unpaired) electrons. The lowest BCUT2D eigenvalue weighted by molar-refractivity contribution is 0.108. The van der Waals surface area contributed by atoms with Gasteiger partial charge >= 0.3 is 0 Å². The molecule has 0 aliphatic heterocycles. The number of aryl methyl sites for hydroxylation is 1. The van der Waals surface area contributed by atoms with E-state index in [2.05, 4.69) is 26.8 Å². The van der Waals surface area contributed by atoms with Crippen molar-refractivity contribution in [3.8, 4) is 0 Å². The topological polar surface area (TPSA) is 30.0 Å². The fourth-order valence-electron chi connectivity index (χ4n) is 2.96. The van der Waals surface area contributed by atoms with Gasteiger partial charge in [-0.3, -0.25) is 4.79 Å². The predicted molar refractivity (Wildman–Crippen MR) is 84.8 cm³/mol. The van der Waals surface area contributed by atoms with Gasteiger partial charge in [-0.15, -0.1) is 11.3 Å². The van der Waals surface area contributed by atoms with E-state index in [1.54, 1.807) is 0 Å². The molecule has 2 aromatic heterocycles. The zero-order valence-corrected chi connectivity index (χ0v) is 13.6. The Morgan fingerprint density at radius 2 is 2.15 bits per heavy atom. The fraction of sp³-hybridized carbons (Fsp3) is 0.500. The van der Waals surface area contributed by atoms with Crippen LogP contribution in [0.3, 0.4) is 0 Å². The van der Waals surface area contributed by atoms with Crippen molar-refractivity contribution >= 4 is 38.4 Å². The van der Waals surface area contributed by atoms with Crippen molar-refractivity contribution in [3.05, 3.63) is 28.3 Å². The average Bonchev–Trinajstić information content (AvgIpc) is 2.77. The second kappa shape index (κ2) is 4.81. The highest BCUT2D eigenvalue weighted by molar-refractivity contribution is 7.21. The Hall–Kier alpha value is -0.930. The monoisotopic (exact) mass is 307 g/mol. The van der Waals surface area contributed by atoms with Crippen molar-refractivity contribution in [1.82, 2.24) is 4.98 Å². The van der Waals surface area contributed by atoms with E-state index in [-0.39, 0.29) is 0 Å². The van der Waals surface area contributed by atoms with E-state index in [0.29, 0.717) is 16.2 Å². The Morgan fingerprint density at radius 3 is 2.80 bits per heavy atom. The minimum atomic E-state index is -0.390. The molecule has 0 N–H and O–H groups in total. The molecule has 3 rings (SSSR count). The molecule has 0 bridgehead atoms. The number of carbonyl (C=O) groups is 1. The number of thiophene rings is 1. The van der Waals surface area contributed by atoms with Gasteiger partial charge in [0.1, 0.15) is 4.83 Å². The third-order valence-electron chi connectivity index (χ3n) is 4.29. The Kier molecular flexibility index (Phi) is 3.38. The summed E-state index contributed by atoms with van der Waals surface area (Å²) >= 11 is 6.95. The summed E-state index contributed by atoms with van der Waals surface area (Å²) in [6.45, 7) is 6.93. The maximum Gasteiger partial charge on any atom is 0.262 e. The van der Waals surface area contributed by atoms with Crippen molar-refractivity contribution < 1.29 is 4.79 Å². The molecule has 20 heavy (non-hydrogen) atoms. The molecular weight excluding hydrogens is 290 g/mol. The first-order valence-corrected chi connectivity index (χ1v) is 8.16. The number of rotatable bonds is 1. The summed E-state index contributed by atoms with van der Waals surface area (Å²) in [5.74, 6) is 0.696. The summed E-state index contributed by atoms with van der Waals surface area (Å²) in [6, 6.07) is 4.07. The van der Waals surface area contributed by atoms with E-state index in [1.807, 2.05) is 6.07 Å². The van der Waals surface area contributed by atoms with Crippen molar-refractivity contribution in [2.45, 2.75) is 40.0 Å². The van der Waals surface area contributed by atoms with Crippen LogP contribution in [0.15, 0.2) is 12.1 Å². The molecule has 106 valence electrons. The number of halogens is 1. The maximum atomic E-state index is 11.3. The number of nitrogens with zero attached hydrogens (tertiary/aromatic N) is 1. The molecule has 0 saturated carbocycles. The lowest BCUT2D eigenvalue weighted by Gasteiger charge is -2.34. The molecule has 2 nitrogen and oxygen atoms in total. The molecule has 0 fully saturated rings. The quantitative estimate of drug-likeness (QED) is 0.707. The Morgan fingerprint density at radius 1 is 1.40 bits per heavy atom. The molecular formula is C16H18ClNOS. The largest absolute Gasteiger partial charge is 0.275 e. The van der Waals surface area contributed by atoms with E-state index < -0.39 is 5.24 Å². The van der Waals surface area contributed by atoms with Crippen LogP contribution in [0.1, 0.15) is 48.1 Å². The molecule has 4 heteroatoms. The van der Waals surface area contributed by atoms with Gasteiger partial charge in [0.05, 0.1) is 4.88 Å². The van der Waals surface area contributed by atoms with Crippen LogP contribution in [-0.2, 0) is 12.8 Å². The highest BCUT2D eigenvalue weighted by Crippen LogP contribution is 2.38. The second-order valence-corrected chi connectivity index (χ2v) is 8.05. The van der Waals surface area contributed by atoms with Crippen LogP contribution in [0, 0.1) is 11.3 Å². The Bertz CT molecular complexity index is 684. The molecule has 0 amide bonds. The normalized spacial score (nSPS) is 19.1. The lowest BCUT2D eigenvalue weighted by atomic mass is 9.71. The van der Waals surface area contributed by atoms with Gasteiger partial charge < -0.3 is 0 Å². The second-order valence-electron chi connectivity index (χ2n) is 6.68.